The zero-order chi connectivity index (χ0) is 6.53. The fourth-order valence-electron chi connectivity index (χ4n) is 0.948. The van der Waals surface area contributed by atoms with Crippen LogP contribution in [0.4, 0.5) is 0 Å². The molecule has 0 amide bonds. The Morgan fingerprint density at radius 1 is 1.67 bits per heavy atom. The highest BCUT2D eigenvalue weighted by molar-refractivity contribution is 9.09. The van der Waals surface area contributed by atoms with Gasteiger partial charge in [0.1, 0.15) is 0 Å². The maximum Gasteiger partial charge on any atom is 0.0529 e. The number of halogens is 1. The summed E-state index contributed by atoms with van der Waals surface area (Å²) in [5.74, 6) is 0.683. The summed E-state index contributed by atoms with van der Waals surface area (Å²) >= 11 is 3.33. The van der Waals surface area contributed by atoms with E-state index in [4.69, 9.17) is 4.74 Å². The zero-order valence-electron chi connectivity index (χ0n) is 5.35. The lowest BCUT2D eigenvalue weighted by atomic mass is 10.1. The predicted molar refractivity (Wildman–Crippen MR) is 41.9 cm³/mol. The highest BCUT2D eigenvalue weighted by Crippen LogP contribution is 2.13. The first kappa shape index (κ1) is 7.29. The fraction of sp³-hybridized carbons (Fsp3) is 0.714. The van der Waals surface area contributed by atoms with Crippen molar-refractivity contribution < 1.29 is 4.74 Å². The maximum absolute atomic E-state index is 5.19. The summed E-state index contributed by atoms with van der Waals surface area (Å²) in [5.41, 5.74) is 0. The lowest BCUT2D eigenvalue weighted by Crippen LogP contribution is -1.92. The Kier molecular flexibility index (Phi) is 3.30. The van der Waals surface area contributed by atoms with E-state index in [1.807, 2.05) is 0 Å². The van der Waals surface area contributed by atoms with Gasteiger partial charge in [0.05, 0.1) is 6.61 Å². The van der Waals surface area contributed by atoms with Crippen molar-refractivity contribution in [2.45, 2.75) is 6.42 Å². The van der Waals surface area contributed by atoms with Crippen molar-refractivity contribution in [3.05, 3.63) is 12.2 Å². The third-order valence-electron chi connectivity index (χ3n) is 1.46. The molecule has 9 heavy (non-hydrogen) atoms. The monoisotopic (exact) mass is 190 g/mol. The summed E-state index contributed by atoms with van der Waals surface area (Å²) in [6.07, 6.45) is 5.56. The summed E-state index contributed by atoms with van der Waals surface area (Å²) in [6.45, 7) is 1.86. The van der Waals surface area contributed by atoms with Gasteiger partial charge in [0.2, 0.25) is 0 Å². The van der Waals surface area contributed by atoms with Crippen molar-refractivity contribution in [1.82, 2.24) is 0 Å². The molecule has 0 N–H and O–H groups in total. The van der Waals surface area contributed by atoms with Gasteiger partial charge in [-0.15, -0.1) is 0 Å². The average molecular weight is 191 g/mol. The molecule has 1 heterocycles. The van der Waals surface area contributed by atoms with E-state index in [-0.39, 0.29) is 0 Å². The van der Waals surface area contributed by atoms with Crippen LogP contribution in [0.3, 0.4) is 0 Å². The van der Waals surface area contributed by atoms with Crippen LogP contribution in [0, 0.1) is 5.92 Å². The Labute approximate surface area is 64.2 Å². The molecule has 1 unspecified atom stereocenters. The van der Waals surface area contributed by atoms with E-state index in [0.29, 0.717) is 5.92 Å². The van der Waals surface area contributed by atoms with Gasteiger partial charge in [-0.3, -0.25) is 0 Å². The van der Waals surface area contributed by atoms with E-state index in [1.165, 1.54) is 6.42 Å². The lowest BCUT2D eigenvalue weighted by Gasteiger charge is -1.95. The number of hydrogen-bond donors (Lipinski definition) is 0. The van der Waals surface area contributed by atoms with Crippen molar-refractivity contribution in [3.8, 4) is 0 Å². The molecule has 0 aromatic heterocycles. The Morgan fingerprint density at radius 3 is 3.11 bits per heavy atom. The minimum Gasteiger partial charge on any atom is -0.381 e. The second kappa shape index (κ2) is 4.07. The van der Waals surface area contributed by atoms with Gasteiger partial charge >= 0.3 is 0 Å². The van der Waals surface area contributed by atoms with Crippen molar-refractivity contribution in [2.75, 3.05) is 18.5 Å². The van der Waals surface area contributed by atoms with Crippen molar-refractivity contribution in [1.29, 1.82) is 0 Å². The van der Waals surface area contributed by atoms with Gasteiger partial charge in [-0.1, -0.05) is 28.1 Å². The lowest BCUT2D eigenvalue weighted by molar-refractivity contribution is 0.191. The van der Waals surface area contributed by atoms with Gasteiger partial charge in [-0.2, -0.15) is 0 Å². The fourth-order valence-corrected chi connectivity index (χ4v) is 1.16. The molecule has 1 fully saturated rings. The molecule has 1 aliphatic rings. The van der Waals surface area contributed by atoms with E-state index < -0.39 is 0 Å². The summed E-state index contributed by atoms with van der Waals surface area (Å²) in [5, 5.41) is 0.962. The van der Waals surface area contributed by atoms with Gasteiger partial charge in [-0.25, -0.2) is 0 Å². The minimum absolute atomic E-state index is 0.683. The van der Waals surface area contributed by atoms with Crippen LogP contribution < -0.4 is 0 Å². The summed E-state index contributed by atoms with van der Waals surface area (Å²) in [4.78, 5) is 0. The molecule has 1 saturated heterocycles. The second-order valence-electron chi connectivity index (χ2n) is 2.21. The van der Waals surface area contributed by atoms with E-state index in [2.05, 4.69) is 28.1 Å². The molecule has 52 valence electrons. The third-order valence-corrected chi connectivity index (χ3v) is 1.84. The van der Waals surface area contributed by atoms with E-state index >= 15 is 0 Å². The SMILES string of the molecule is BrCC=CC1CCOC1. The van der Waals surface area contributed by atoms with Crippen LogP contribution in [-0.4, -0.2) is 18.5 Å². The van der Waals surface area contributed by atoms with Crippen LogP contribution in [-0.2, 0) is 4.74 Å². The van der Waals surface area contributed by atoms with Gasteiger partial charge in [0.25, 0.3) is 0 Å². The van der Waals surface area contributed by atoms with Crippen molar-refractivity contribution in [3.63, 3.8) is 0 Å². The van der Waals surface area contributed by atoms with Gasteiger partial charge in [0.15, 0.2) is 0 Å². The highest BCUT2D eigenvalue weighted by atomic mass is 79.9. The average Bonchev–Trinajstić information content (AvgIpc) is 2.34. The van der Waals surface area contributed by atoms with Crippen LogP contribution in [0.5, 0.6) is 0 Å². The minimum atomic E-state index is 0.683. The molecule has 0 aromatic carbocycles. The molecule has 0 aliphatic carbocycles. The smallest absolute Gasteiger partial charge is 0.0529 e. The summed E-state index contributed by atoms with van der Waals surface area (Å²) in [6, 6.07) is 0. The Bertz CT molecular complexity index is 95.1. The number of allylic oxidation sites excluding steroid dienone is 1. The molecule has 1 rings (SSSR count). The normalized spacial score (nSPS) is 27.9. The topological polar surface area (TPSA) is 9.23 Å². The molecule has 1 aliphatic heterocycles. The van der Waals surface area contributed by atoms with Gasteiger partial charge in [0, 0.05) is 17.9 Å². The van der Waals surface area contributed by atoms with Crippen molar-refractivity contribution in [2.24, 2.45) is 5.92 Å². The molecule has 0 bridgehead atoms. The van der Waals surface area contributed by atoms with E-state index in [1.54, 1.807) is 0 Å². The number of hydrogen-bond acceptors (Lipinski definition) is 1. The van der Waals surface area contributed by atoms with E-state index in [0.717, 1.165) is 18.5 Å². The molecular weight excluding hydrogens is 180 g/mol. The Hall–Kier alpha value is 0.180. The highest BCUT2D eigenvalue weighted by Gasteiger charge is 2.10. The number of ether oxygens (including phenoxy) is 1. The summed E-state index contributed by atoms with van der Waals surface area (Å²) < 4.78 is 5.19. The van der Waals surface area contributed by atoms with E-state index in [9.17, 15) is 0 Å². The second-order valence-corrected chi connectivity index (χ2v) is 2.85. The summed E-state index contributed by atoms with van der Waals surface area (Å²) in [7, 11) is 0. The van der Waals surface area contributed by atoms with Gasteiger partial charge < -0.3 is 4.74 Å². The molecule has 2 heteroatoms. The molecule has 1 nitrogen and oxygen atoms in total. The third kappa shape index (κ3) is 2.50. The molecule has 0 saturated carbocycles. The number of rotatable bonds is 2. The first-order chi connectivity index (χ1) is 4.43. The van der Waals surface area contributed by atoms with Crippen LogP contribution in [0.2, 0.25) is 0 Å². The van der Waals surface area contributed by atoms with Crippen LogP contribution in [0.25, 0.3) is 0 Å². The molecule has 0 aromatic rings. The molecular formula is C7H11BrO. The Balaban J connectivity index is 2.18. The first-order valence-corrected chi connectivity index (χ1v) is 4.36. The zero-order valence-corrected chi connectivity index (χ0v) is 6.93. The number of alkyl halides is 1. The van der Waals surface area contributed by atoms with Gasteiger partial charge in [-0.05, 0) is 6.42 Å². The molecule has 0 spiro atoms. The molecule has 1 atom stereocenters. The van der Waals surface area contributed by atoms with Crippen LogP contribution in [0.15, 0.2) is 12.2 Å². The van der Waals surface area contributed by atoms with Crippen molar-refractivity contribution >= 4 is 15.9 Å². The Morgan fingerprint density at radius 2 is 2.56 bits per heavy atom. The standard InChI is InChI=1S/C7H11BrO/c8-4-1-2-7-3-5-9-6-7/h1-2,7H,3-6H2. The van der Waals surface area contributed by atoms with Crippen LogP contribution in [0.1, 0.15) is 6.42 Å². The molecule has 0 radical (unpaired) electrons. The predicted octanol–water partition coefficient (Wildman–Crippen LogP) is 1.97. The quantitative estimate of drug-likeness (QED) is 0.479. The van der Waals surface area contributed by atoms with Crippen LogP contribution >= 0.6 is 15.9 Å². The largest absolute Gasteiger partial charge is 0.381 e. The first-order valence-electron chi connectivity index (χ1n) is 3.24. The maximum atomic E-state index is 5.19.